The van der Waals surface area contributed by atoms with Crippen LogP contribution in [0.25, 0.3) is 11.6 Å². The number of nitro benzene ring substituents is 1. The molecule has 0 amide bonds. The quantitative estimate of drug-likeness (QED) is 0.227. The Bertz CT molecular complexity index is 1050. The monoisotopic (exact) mass is 390 g/mol. The van der Waals surface area contributed by atoms with E-state index < -0.39 is 4.92 Å². The lowest BCUT2D eigenvalue weighted by molar-refractivity contribution is -0.384. The highest BCUT2D eigenvalue weighted by molar-refractivity contribution is 6.30. The Labute approximate surface area is 167 Å². The average molecular weight is 391 g/mol. The molecule has 6 heteroatoms. The molecule has 0 bridgehead atoms. The average Bonchev–Trinajstić information content (AvgIpc) is 2.72. The third kappa shape index (κ3) is 4.97. The van der Waals surface area contributed by atoms with Crippen LogP contribution in [0, 0.1) is 21.4 Å². The highest BCUT2D eigenvalue weighted by Crippen LogP contribution is 2.23. The van der Waals surface area contributed by atoms with Gasteiger partial charge in [0.25, 0.3) is 5.69 Å². The smallest absolute Gasteiger partial charge is 0.269 e. The Morgan fingerprint density at radius 2 is 1.82 bits per heavy atom. The molecule has 0 aromatic heterocycles. The zero-order chi connectivity index (χ0) is 19.9. The van der Waals surface area contributed by atoms with E-state index in [1.165, 1.54) is 12.1 Å². The van der Waals surface area contributed by atoms with Crippen LogP contribution < -0.4 is 4.74 Å². The number of non-ortho nitro benzene ring substituents is 1. The van der Waals surface area contributed by atoms with Crippen molar-refractivity contribution in [1.29, 1.82) is 5.26 Å². The predicted octanol–water partition coefficient (Wildman–Crippen LogP) is 5.89. The molecule has 5 nitrogen and oxygen atoms in total. The number of nitriles is 1. The van der Waals surface area contributed by atoms with Crippen molar-refractivity contribution in [2.75, 3.05) is 0 Å². The van der Waals surface area contributed by atoms with E-state index in [9.17, 15) is 15.4 Å². The maximum Gasteiger partial charge on any atom is 0.269 e. The van der Waals surface area contributed by atoms with Gasteiger partial charge in [0.2, 0.25) is 0 Å². The van der Waals surface area contributed by atoms with Crippen molar-refractivity contribution in [1.82, 2.24) is 0 Å². The summed E-state index contributed by atoms with van der Waals surface area (Å²) in [7, 11) is 0. The molecule has 0 aliphatic carbocycles. The van der Waals surface area contributed by atoms with Gasteiger partial charge < -0.3 is 4.74 Å². The van der Waals surface area contributed by atoms with Crippen molar-refractivity contribution in [2.24, 2.45) is 0 Å². The maximum absolute atomic E-state index is 10.7. The van der Waals surface area contributed by atoms with Gasteiger partial charge in [0.15, 0.2) is 0 Å². The van der Waals surface area contributed by atoms with Crippen molar-refractivity contribution in [3.05, 3.63) is 105 Å². The first-order valence-electron chi connectivity index (χ1n) is 8.39. The number of allylic oxidation sites excluding steroid dienone is 1. The molecule has 0 saturated heterocycles. The fourth-order valence-electron chi connectivity index (χ4n) is 2.55. The Morgan fingerprint density at radius 3 is 2.46 bits per heavy atom. The second-order valence-electron chi connectivity index (χ2n) is 5.96. The number of nitrogens with zero attached hydrogens (tertiary/aromatic N) is 2. The molecule has 3 aromatic carbocycles. The van der Waals surface area contributed by atoms with E-state index in [0.717, 1.165) is 16.7 Å². The topological polar surface area (TPSA) is 76.2 Å². The predicted molar refractivity (Wildman–Crippen MR) is 109 cm³/mol. The Morgan fingerprint density at radius 1 is 1.11 bits per heavy atom. The molecule has 3 rings (SSSR count). The lowest BCUT2D eigenvalue weighted by atomic mass is 10.0. The minimum absolute atomic E-state index is 0.0436. The van der Waals surface area contributed by atoms with Gasteiger partial charge >= 0.3 is 0 Å². The minimum atomic E-state index is -0.437. The molecular weight excluding hydrogens is 376 g/mol. The van der Waals surface area contributed by atoms with Crippen molar-refractivity contribution < 1.29 is 9.66 Å². The number of ether oxygens (including phenoxy) is 1. The fourth-order valence-corrected chi connectivity index (χ4v) is 2.68. The highest BCUT2D eigenvalue weighted by atomic mass is 35.5. The van der Waals surface area contributed by atoms with Crippen molar-refractivity contribution in [3.8, 4) is 11.8 Å². The van der Waals surface area contributed by atoms with Crippen LogP contribution in [0.1, 0.15) is 16.7 Å². The summed E-state index contributed by atoms with van der Waals surface area (Å²) in [4.78, 5) is 10.3. The van der Waals surface area contributed by atoms with Gasteiger partial charge in [-0.2, -0.15) is 5.26 Å². The number of hydrogen-bond donors (Lipinski definition) is 0. The van der Waals surface area contributed by atoms with E-state index in [1.54, 1.807) is 42.5 Å². The molecule has 0 aliphatic heterocycles. The molecule has 0 fully saturated rings. The summed E-state index contributed by atoms with van der Waals surface area (Å²) in [5, 5.41) is 20.8. The second kappa shape index (κ2) is 8.85. The number of nitro groups is 1. The fraction of sp³-hybridized carbons (Fsp3) is 0.0455. The van der Waals surface area contributed by atoms with E-state index in [4.69, 9.17) is 16.3 Å². The normalized spacial score (nSPS) is 10.9. The van der Waals surface area contributed by atoms with Crippen LogP contribution in [0.4, 0.5) is 5.69 Å². The third-order valence-electron chi connectivity index (χ3n) is 4.00. The molecule has 0 radical (unpaired) electrons. The number of hydrogen-bond acceptors (Lipinski definition) is 4. The maximum atomic E-state index is 10.7. The first-order valence-corrected chi connectivity index (χ1v) is 8.77. The van der Waals surface area contributed by atoms with Crippen LogP contribution in [-0.2, 0) is 6.61 Å². The van der Waals surface area contributed by atoms with E-state index in [0.29, 0.717) is 16.3 Å². The SMILES string of the molecule is N#C/C(=C/c1cccc(OCc2ccc([N+](=O)[O-])cc2)c1)c1ccc(Cl)cc1. The van der Waals surface area contributed by atoms with E-state index in [1.807, 2.05) is 24.3 Å². The zero-order valence-corrected chi connectivity index (χ0v) is 15.5. The first-order chi connectivity index (χ1) is 13.5. The largest absolute Gasteiger partial charge is 0.489 e. The van der Waals surface area contributed by atoms with E-state index >= 15 is 0 Å². The van der Waals surface area contributed by atoms with Crippen LogP contribution in [0.5, 0.6) is 5.75 Å². The van der Waals surface area contributed by atoms with Crippen molar-refractivity contribution in [2.45, 2.75) is 6.61 Å². The van der Waals surface area contributed by atoms with Crippen LogP contribution in [0.15, 0.2) is 72.8 Å². The second-order valence-corrected chi connectivity index (χ2v) is 6.40. The lowest BCUT2D eigenvalue weighted by Gasteiger charge is -2.07. The molecule has 3 aromatic rings. The van der Waals surface area contributed by atoms with Gasteiger partial charge in [-0.3, -0.25) is 10.1 Å². The van der Waals surface area contributed by atoms with Crippen molar-refractivity contribution in [3.63, 3.8) is 0 Å². The van der Waals surface area contributed by atoms with Crippen LogP contribution in [0.3, 0.4) is 0 Å². The number of benzene rings is 3. The molecule has 0 spiro atoms. The molecule has 0 saturated carbocycles. The van der Waals surface area contributed by atoms with Gasteiger partial charge in [0.05, 0.1) is 16.6 Å². The summed E-state index contributed by atoms with van der Waals surface area (Å²) in [5.74, 6) is 0.639. The number of halogens is 1. The summed E-state index contributed by atoms with van der Waals surface area (Å²) in [6, 6.07) is 22.9. The van der Waals surface area contributed by atoms with Gasteiger partial charge in [0.1, 0.15) is 12.4 Å². The van der Waals surface area contributed by atoms with Crippen molar-refractivity contribution >= 4 is 28.9 Å². The Hall–Kier alpha value is -3.62. The van der Waals surface area contributed by atoms with Crippen LogP contribution >= 0.6 is 11.6 Å². The molecule has 28 heavy (non-hydrogen) atoms. The van der Waals surface area contributed by atoms with Gasteiger partial charge in [-0.15, -0.1) is 0 Å². The number of rotatable bonds is 6. The summed E-state index contributed by atoms with van der Waals surface area (Å²) in [6.07, 6.45) is 1.78. The van der Waals surface area contributed by atoms with Crippen LogP contribution in [-0.4, -0.2) is 4.92 Å². The van der Waals surface area contributed by atoms with Crippen LogP contribution in [0.2, 0.25) is 5.02 Å². The highest BCUT2D eigenvalue weighted by Gasteiger charge is 2.05. The summed E-state index contributed by atoms with van der Waals surface area (Å²) in [5.41, 5.74) is 2.99. The summed E-state index contributed by atoms with van der Waals surface area (Å²) >= 11 is 5.90. The van der Waals surface area contributed by atoms with Gasteiger partial charge in [-0.05, 0) is 59.2 Å². The molecule has 0 atom stereocenters. The molecule has 0 aliphatic rings. The van der Waals surface area contributed by atoms with Gasteiger partial charge in [-0.1, -0.05) is 35.9 Å². The van der Waals surface area contributed by atoms with E-state index in [-0.39, 0.29) is 12.3 Å². The standard InChI is InChI=1S/C22H15ClN2O3/c23-20-8-6-18(7-9-20)19(14-24)12-17-2-1-3-22(13-17)28-15-16-4-10-21(11-5-16)25(26)27/h1-13H,15H2/b19-12-. The summed E-state index contributed by atoms with van der Waals surface area (Å²) < 4.78 is 5.77. The zero-order valence-electron chi connectivity index (χ0n) is 14.7. The molecular formula is C22H15ClN2O3. The summed E-state index contributed by atoms with van der Waals surface area (Å²) in [6.45, 7) is 0.285. The molecule has 138 valence electrons. The molecule has 0 N–H and O–H groups in total. The molecule has 0 unspecified atom stereocenters. The first kappa shape index (κ1) is 19.2. The van der Waals surface area contributed by atoms with E-state index in [2.05, 4.69) is 6.07 Å². The minimum Gasteiger partial charge on any atom is -0.489 e. The Balaban J connectivity index is 1.73. The Kier molecular flexibility index (Phi) is 6.05. The van der Waals surface area contributed by atoms with Gasteiger partial charge in [-0.25, -0.2) is 0 Å². The van der Waals surface area contributed by atoms with Gasteiger partial charge in [0, 0.05) is 17.2 Å². The third-order valence-corrected chi connectivity index (χ3v) is 4.25. The molecule has 0 heterocycles. The lowest BCUT2D eigenvalue weighted by Crippen LogP contribution is -1.96.